The van der Waals surface area contributed by atoms with Crippen LogP contribution in [0, 0.1) is 23.0 Å². The summed E-state index contributed by atoms with van der Waals surface area (Å²) in [5.41, 5.74) is 3.24. The molecule has 0 spiro atoms. The van der Waals surface area contributed by atoms with Crippen LogP contribution in [-0.2, 0) is 13.1 Å². The molecule has 1 saturated carbocycles. The van der Waals surface area contributed by atoms with Gasteiger partial charge in [0.15, 0.2) is 11.6 Å². The van der Waals surface area contributed by atoms with Crippen LogP contribution in [0.2, 0.25) is 0 Å². The molecule has 0 unspecified atom stereocenters. The second-order valence-electron chi connectivity index (χ2n) is 7.99. The molecule has 1 heterocycles. The van der Waals surface area contributed by atoms with Gasteiger partial charge in [-0.05, 0) is 66.4 Å². The molecule has 0 saturated heterocycles. The van der Waals surface area contributed by atoms with Crippen molar-refractivity contribution in [2.45, 2.75) is 32.0 Å². The van der Waals surface area contributed by atoms with Gasteiger partial charge in [-0.3, -0.25) is 14.7 Å². The Morgan fingerprint density at radius 3 is 2.41 bits per heavy atom. The molecule has 4 rings (SSSR count). The SMILES string of the molecule is CN(C(=O)c1cncc(CN(Cc2ccc(F)c(F)c2)C2CC2)c1)c1ccc(C#N)cc1. The van der Waals surface area contributed by atoms with E-state index in [1.165, 1.54) is 17.2 Å². The number of hydrogen-bond acceptors (Lipinski definition) is 4. The Balaban J connectivity index is 1.49. The van der Waals surface area contributed by atoms with Crippen molar-refractivity contribution in [2.75, 3.05) is 11.9 Å². The predicted molar refractivity (Wildman–Crippen MR) is 117 cm³/mol. The van der Waals surface area contributed by atoms with Crippen LogP contribution < -0.4 is 4.90 Å². The Morgan fingerprint density at radius 2 is 1.75 bits per heavy atom. The van der Waals surface area contributed by atoms with Gasteiger partial charge in [-0.2, -0.15) is 5.26 Å². The number of nitriles is 1. The fraction of sp³-hybridized carbons (Fsp3) is 0.240. The summed E-state index contributed by atoms with van der Waals surface area (Å²) >= 11 is 0. The lowest BCUT2D eigenvalue weighted by Gasteiger charge is -2.23. The predicted octanol–water partition coefficient (Wildman–Crippen LogP) is 4.67. The average molecular weight is 432 g/mol. The standard InChI is InChI=1S/C25H22F2N4O/c1-30(21-5-2-17(12-28)3-6-21)25(32)20-10-19(13-29-14-20)16-31(22-7-8-22)15-18-4-9-23(26)24(27)11-18/h2-6,9-11,13-14,22H,7-8,15-16H2,1H3. The summed E-state index contributed by atoms with van der Waals surface area (Å²) in [6, 6.07) is 15.0. The number of hydrogen-bond donors (Lipinski definition) is 0. The first-order valence-corrected chi connectivity index (χ1v) is 10.3. The van der Waals surface area contributed by atoms with Crippen molar-refractivity contribution >= 4 is 11.6 Å². The molecule has 2 aromatic carbocycles. The molecule has 0 N–H and O–H groups in total. The van der Waals surface area contributed by atoms with Crippen molar-refractivity contribution in [2.24, 2.45) is 0 Å². The Bertz CT molecular complexity index is 1170. The number of pyridine rings is 1. The number of aromatic nitrogens is 1. The van der Waals surface area contributed by atoms with Crippen molar-refractivity contribution in [3.8, 4) is 6.07 Å². The van der Waals surface area contributed by atoms with Gasteiger partial charge in [-0.1, -0.05) is 6.07 Å². The van der Waals surface area contributed by atoms with E-state index in [4.69, 9.17) is 5.26 Å². The number of anilines is 1. The van der Waals surface area contributed by atoms with Gasteiger partial charge in [-0.15, -0.1) is 0 Å². The van der Waals surface area contributed by atoms with Gasteiger partial charge in [-0.25, -0.2) is 8.78 Å². The molecule has 1 aliphatic carbocycles. The minimum atomic E-state index is -0.853. The fourth-order valence-corrected chi connectivity index (χ4v) is 3.62. The molecule has 5 nitrogen and oxygen atoms in total. The van der Waals surface area contributed by atoms with Crippen molar-refractivity contribution < 1.29 is 13.6 Å². The highest BCUT2D eigenvalue weighted by atomic mass is 19.2. The highest BCUT2D eigenvalue weighted by Gasteiger charge is 2.29. The number of rotatable bonds is 7. The topological polar surface area (TPSA) is 60.2 Å². The van der Waals surface area contributed by atoms with Crippen LogP contribution in [0.25, 0.3) is 0 Å². The first-order chi connectivity index (χ1) is 15.4. The third kappa shape index (κ3) is 4.98. The van der Waals surface area contributed by atoms with E-state index in [0.29, 0.717) is 41.5 Å². The maximum absolute atomic E-state index is 13.6. The molecule has 1 aromatic heterocycles. The van der Waals surface area contributed by atoms with Crippen LogP contribution in [0.1, 0.15) is 39.9 Å². The van der Waals surface area contributed by atoms with E-state index in [-0.39, 0.29) is 5.91 Å². The molecular formula is C25H22F2N4O. The first kappa shape index (κ1) is 21.6. The molecular weight excluding hydrogens is 410 g/mol. The van der Waals surface area contributed by atoms with E-state index in [1.54, 1.807) is 43.6 Å². The van der Waals surface area contributed by atoms with Crippen LogP contribution in [0.3, 0.4) is 0 Å². The van der Waals surface area contributed by atoms with E-state index in [9.17, 15) is 13.6 Å². The third-order valence-corrected chi connectivity index (χ3v) is 5.55. The molecule has 0 atom stereocenters. The van der Waals surface area contributed by atoms with Crippen molar-refractivity contribution in [3.05, 3.63) is 94.8 Å². The molecule has 7 heteroatoms. The zero-order chi connectivity index (χ0) is 22.7. The van der Waals surface area contributed by atoms with Gasteiger partial charge >= 0.3 is 0 Å². The lowest BCUT2D eigenvalue weighted by atomic mass is 10.1. The average Bonchev–Trinajstić information content (AvgIpc) is 3.66. The first-order valence-electron chi connectivity index (χ1n) is 10.3. The lowest BCUT2D eigenvalue weighted by Crippen LogP contribution is -2.27. The summed E-state index contributed by atoms with van der Waals surface area (Å²) in [7, 11) is 1.68. The summed E-state index contributed by atoms with van der Waals surface area (Å²) < 4.78 is 26.9. The summed E-state index contributed by atoms with van der Waals surface area (Å²) in [5, 5.41) is 8.94. The van der Waals surface area contributed by atoms with Gasteiger partial charge in [0.05, 0.1) is 17.2 Å². The van der Waals surface area contributed by atoms with E-state index in [2.05, 4.69) is 16.0 Å². The molecule has 1 aliphatic rings. The zero-order valence-electron chi connectivity index (χ0n) is 17.6. The quantitative estimate of drug-likeness (QED) is 0.544. The highest BCUT2D eigenvalue weighted by Crippen LogP contribution is 2.30. The van der Waals surface area contributed by atoms with Gasteiger partial charge in [0, 0.05) is 44.3 Å². The van der Waals surface area contributed by atoms with Crippen molar-refractivity contribution in [1.29, 1.82) is 5.26 Å². The Morgan fingerprint density at radius 1 is 1.03 bits per heavy atom. The van der Waals surface area contributed by atoms with Crippen LogP contribution in [-0.4, -0.2) is 28.9 Å². The molecule has 0 aliphatic heterocycles. The lowest BCUT2D eigenvalue weighted by molar-refractivity contribution is 0.0992. The van der Waals surface area contributed by atoms with Crippen LogP contribution in [0.15, 0.2) is 60.9 Å². The monoisotopic (exact) mass is 432 g/mol. The van der Waals surface area contributed by atoms with Gasteiger partial charge in [0.2, 0.25) is 0 Å². The largest absolute Gasteiger partial charge is 0.311 e. The molecule has 32 heavy (non-hydrogen) atoms. The normalized spacial score (nSPS) is 13.1. The minimum absolute atomic E-state index is 0.206. The van der Waals surface area contributed by atoms with Crippen LogP contribution in [0.5, 0.6) is 0 Å². The summed E-state index contributed by atoms with van der Waals surface area (Å²) in [4.78, 5) is 20.9. The number of nitrogens with zero attached hydrogens (tertiary/aromatic N) is 4. The number of benzene rings is 2. The van der Waals surface area contributed by atoms with E-state index in [0.717, 1.165) is 24.5 Å². The Hall–Kier alpha value is -3.63. The van der Waals surface area contributed by atoms with Crippen LogP contribution in [0.4, 0.5) is 14.5 Å². The second-order valence-corrected chi connectivity index (χ2v) is 7.99. The molecule has 1 fully saturated rings. The molecule has 162 valence electrons. The summed E-state index contributed by atoms with van der Waals surface area (Å²) in [6.45, 7) is 1.05. The maximum atomic E-state index is 13.6. The van der Waals surface area contributed by atoms with Gasteiger partial charge < -0.3 is 4.90 Å². The Kier molecular flexibility index (Phi) is 6.24. The molecule has 0 bridgehead atoms. The van der Waals surface area contributed by atoms with Crippen molar-refractivity contribution in [3.63, 3.8) is 0 Å². The van der Waals surface area contributed by atoms with E-state index in [1.807, 2.05) is 6.07 Å². The number of amides is 1. The fourth-order valence-electron chi connectivity index (χ4n) is 3.62. The second kappa shape index (κ2) is 9.25. The number of halogens is 2. The zero-order valence-corrected chi connectivity index (χ0v) is 17.6. The van der Waals surface area contributed by atoms with Gasteiger partial charge in [0.25, 0.3) is 5.91 Å². The van der Waals surface area contributed by atoms with E-state index < -0.39 is 11.6 Å². The molecule has 1 amide bonds. The van der Waals surface area contributed by atoms with Crippen LogP contribution >= 0.6 is 0 Å². The third-order valence-electron chi connectivity index (χ3n) is 5.55. The van der Waals surface area contributed by atoms with E-state index >= 15 is 0 Å². The minimum Gasteiger partial charge on any atom is -0.311 e. The Labute approximate surface area is 185 Å². The summed E-state index contributed by atoms with van der Waals surface area (Å²) in [6.07, 6.45) is 5.36. The number of carbonyl (C=O) groups is 1. The molecule has 3 aromatic rings. The summed E-state index contributed by atoms with van der Waals surface area (Å²) in [5.74, 6) is -1.91. The highest BCUT2D eigenvalue weighted by molar-refractivity contribution is 6.05. The van der Waals surface area contributed by atoms with Crippen molar-refractivity contribution in [1.82, 2.24) is 9.88 Å². The maximum Gasteiger partial charge on any atom is 0.259 e. The molecule has 0 radical (unpaired) electrons. The number of carbonyl (C=O) groups excluding carboxylic acids is 1. The van der Waals surface area contributed by atoms with Gasteiger partial charge in [0.1, 0.15) is 0 Å². The smallest absolute Gasteiger partial charge is 0.259 e.